The van der Waals surface area contributed by atoms with Crippen molar-refractivity contribution in [1.29, 1.82) is 5.26 Å². The topological polar surface area (TPSA) is 75.6 Å². The number of nitriles is 1. The van der Waals surface area contributed by atoms with Gasteiger partial charge in [-0.1, -0.05) is 133 Å². The van der Waals surface area contributed by atoms with Gasteiger partial charge in [0.15, 0.2) is 17.5 Å². The van der Waals surface area contributed by atoms with E-state index in [2.05, 4.69) is 6.07 Å². The first-order valence-electron chi connectivity index (χ1n) is 20.5. The second-order valence-electron chi connectivity index (χ2n) is 11.7. The summed E-state index contributed by atoms with van der Waals surface area (Å²) in [5, 5.41) is 10.5. The van der Waals surface area contributed by atoms with Crippen LogP contribution in [0, 0.1) is 11.3 Å². The Hall–Kier alpha value is -7.16. The van der Waals surface area contributed by atoms with Crippen LogP contribution in [0.15, 0.2) is 174 Å². The van der Waals surface area contributed by atoms with Gasteiger partial charge < -0.3 is 4.42 Å². The van der Waals surface area contributed by atoms with Crippen molar-refractivity contribution in [2.75, 3.05) is 0 Å². The lowest BCUT2D eigenvalue weighted by molar-refractivity contribution is 0.669. The van der Waals surface area contributed by atoms with E-state index in [0.717, 1.165) is 22.3 Å². The van der Waals surface area contributed by atoms with Crippen molar-refractivity contribution in [3.05, 3.63) is 175 Å². The number of furan rings is 1. The molecule has 0 aliphatic carbocycles. The van der Waals surface area contributed by atoms with Gasteiger partial charge in [0, 0.05) is 27.5 Å². The maximum Gasteiger partial charge on any atom is 0.164 e. The molecule has 0 atom stereocenters. The standard InChI is InChI=1S/C46H28N4O/c47-29-30-10-7-15-35(26-30)32-20-22-34(23-21-32)45-48-44(33-13-5-2-6-14-33)49-46(50-45)38-24-25-40-42(28-38)51-41-19-9-18-39(43(40)41)37-17-8-16-36(27-37)31-11-3-1-4-12-31/h1-28H/i1D,3D,4D,8D,11D,12D,16D,17D,27D. The normalized spacial score (nSPS) is 13.6. The van der Waals surface area contributed by atoms with E-state index in [0.29, 0.717) is 56.1 Å². The molecule has 0 fully saturated rings. The lowest BCUT2D eigenvalue weighted by Crippen LogP contribution is -2.00. The van der Waals surface area contributed by atoms with E-state index in [9.17, 15) is 6.63 Å². The molecule has 2 aromatic heterocycles. The van der Waals surface area contributed by atoms with E-state index >= 15 is 0 Å². The van der Waals surface area contributed by atoms with Crippen LogP contribution in [0.4, 0.5) is 0 Å². The Morgan fingerprint density at radius 2 is 1.14 bits per heavy atom. The third-order valence-electron chi connectivity index (χ3n) is 8.54. The lowest BCUT2D eigenvalue weighted by atomic mass is 9.96. The highest BCUT2D eigenvalue weighted by atomic mass is 16.3. The number of hydrogen-bond acceptors (Lipinski definition) is 5. The minimum atomic E-state index is -0.635. The van der Waals surface area contributed by atoms with E-state index < -0.39 is 54.4 Å². The second-order valence-corrected chi connectivity index (χ2v) is 11.7. The summed E-state index contributed by atoms with van der Waals surface area (Å²) in [5.41, 5.74) is 4.98. The minimum Gasteiger partial charge on any atom is -0.456 e. The highest BCUT2D eigenvalue weighted by Gasteiger charge is 2.17. The van der Waals surface area contributed by atoms with Gasteiger partial charge in [0.1, 0.15) is 11.2 Å². The van der Waals surface area contributed by atoms with Gasteiger partial charge >= 0.3 is 0 Å². The minimum absolute atomic E-state index is 0.0476. The molecule has 0 saturated heterocycles. The van der Waals surface area contributed by atoms with E-state index in [1.165, 1.54) is 0 Å². The Bertz CT molecular complexity index is 3240. The summed E-state index contributed by atoms with van der Waals surface area (Å²) >= 11 is 0. The van der Waals surface area contributed by atoms with Crippen molar-refractivity contribution in [1.82, 2.24) is 15.0 Å². The highest BCUT2D eigenvalue weighted by Crippen LogP contribution is 2.39. The number of aromatic nitrogens is 3. The van der Waals surface area contributed by atoms with Crippen LogP contribution < -0.4 is 0 Å². The van der Waals surface area contributed by atoms with E-state index in [1.54, 1.807) is 30.3 Å². The Labute approximate surface area is 307 Å². The first kappa shape index (κ1) is 21.7. The molecule has 0 N–H and O–H groups in total. The van der Waals surface area contributed by atoms with Gasteiger partial charge in [0.2, 0.25) is 0 Å². The summed E-state index contributed by atoms with van der Waals surface area (Å²) in [6.45, 7) is 0. The van der Waals surface area contributed by atoms with Gasteiger partial charge in [-0.15, -0.1) is 0 Å². The van der Waals surface area contributed by atoms with Gasteiger partial charge in [-0.2, -0.15) is 5.26 Å². The number of hydrogen-bond donors (Lipinski definition) is 0. The maximum atomic E-state index is 9.39. The first-order valence-corrected chi connectivity index (χ1v) is 16.0. The van der Waals surface area contributed by atoms with Crippen LogP contribution in [0.2, 0.25) is 0 Å². The summed E-state index contributed by atoms with van der Waals surface area (Å²) < 4.78 is 83.7. The molecule has 5 nitrogen and oxygen atoms in total. The summed E-state index contributed by atoms with van der Waals surface area (Å²) in [5.74, 6) is 1.27. The average molecular weight is 662 g/mol. The Kier molecular flexibility index (Phi) is 5.41. The van der Waals surface area contributed by atoms with Crippen LogP contribution >= 0.6 is 0 Å². The molecular weight excluding hydrogens is 625 g/mol. The van der Waals surface area contributed by atoms with Gasteiger partial charge in [0.05, 0.1) is 24.0 Å². The van der Waals surface area contributed by atoms with E-state index in [1.807, 2.05) is 84.9 Å². The predicted octanol–water partition coefficient (Wildman–Crippen LogP) is 11.6. The molecule has 2 heterocycles. The van der Waals surface area contributed by atoms with Crippen molar-refractivity contribution < 1.29 is 16.8 Å². The SMILES string of the molecule is [2H]c1c([2H])c([2H])c(-c2c([2H])c([2H])c([2H])c(-c3cccc4oc5cc(-c6nc(-c7ccccc7)nc(-c7ccc(-c8cccc(C#N)c8)cc7)n6)ccc5c34)c2[2H])c([2H])c1[2H]. The summed E-state index contributed by atoms with van der Waals surface area (Å²) in [6, 6.07) is 32.3. The molecule has 0 aliphatic rings. The fraction of sp³-hybridized carbons (Fsp3) is 0. The third-order valence-corrected chi connectivity index (χ3v) is 8.54. The molecule has 0 bridgehead atoms. The number of fused-ring (bicyclic) bond motifs is 3. The van der Waals surface area contributed by atoms with Gasteiger partial charge in [-0.05, 0) is 69.8 Å². The molecule has 9 aromatic rings. The highest BCUT2D eigenvalue weighted by molar-refractivity contribution is 6.13. The Balaban J connectivity index is 1.19. The summed E-state index contributed by atoms with van der Waals surface area (Å²) in [4.78, 5) is 14.6. The Morgan fingerprint density at radius 1 is 0.490 bits per heavy atom. The fourth-order valence-electron chi connectivity index (χ4n) is 6.08. The maximum absolute atomic E-state index is 9.39. The van der Waals surface area contributed by atoms with Crippen LogP contribution in [0.3, 0.4) is 0 Å². The molecule has 7 aromatic carbocycles. The molecule has 0 radical (unpaired) electrons. The van der Waals surface area contributed by atoms with Crippen molar-refractivity contribution in [2.24, 2.45) is 0 Å². The molecule has 5 heteroatoms. The summed E-state index contributed by atoms with van der Waals surface area (Å²) in [7, 11) is 0. The molecule has 0 unspecified atom stereocenters. The number of nitrogens with zero attached hydrogens (tertiary/aromatic N) is 4. The zero-order chi connectivity index (χ0) is 42.0. The third kappa shape index (κ3) is 5.71. The van der Waals surface area contributed by atoms with Gasteiger partial charge in [-0.3, -0.25) is 0 Å². The quantitative estimate of drug-likeness (QED) is 0.177. The molecule has 0 saturated carbocycles. The molecule has 238 valence electrons. The van der Waals surface area contributed by atoms with E-state index in [4.69, 9.17) is 30.3 Å². The van der Waals surface area contributed by atoms with Gasteiger partial charge in [-0.25, -0.2) is 15.0 Å². The molecule has 0 spiro atoms. The van der Waals surface area contributed by atoms with Crippen LogP contribution in [-0.2, 0) is 0 Å². The fourth-order valence-corrected chi connectivity index (χ4v) is 6.08. The van der Waals surface area contributed by atoms with Gasteiger partial charge in [0.25, 0.3) is 0 Å². The second kappa shape index (κ2) is 12.7. The summed E-state index contributed by atoms with van der Waals surface area (Å²) in [6.07, 6.45) is 0. The monoisotopic (exact) mass is 661 g/mol. The number of rotatable bonds is 6. The van der Waals surface area contributed by atoms with Crippen LogP contribution in [0.25, 0.3) is 89.5 Å². The Morgan fingerprint density at radius 3 is 1.92 bits per heavy atom. The van der Waals surface area contributed by atoms with Crippen LogP contribution in [0.5, 0.6) is 0 Å². The first-order chi connectivity index (χ1) is 28.9. The molecule has 51 heavy (non-hydrogen) atoms. The van der Waals surface area contributed by atoms with E-state index in [-0.39, 0.29) is 16.7 Å². The predicted molar refractivity (Wildman–Crippen MR) is 204 cm³/mol. The van der Waals surface area contributed by atoms with Crippen LogP contribution in [0.1, 0.15) is 17.9 Å². The van der Waals surface area contributed by atoms with Crippen molar-refractivity contribution in [3.63, 3.8) is 0 Å². The zero-order valence-electron chi connectivity index (χ0n) is 35.7. The molecule has 0 aliphatic heterocycles. The molecule has 9 rings (SSSR count). The molecular formula is C46H28N4O. The lowest BCUT2D eigenvalue weighted by Gasteiger charge is -2.09. The van der Waals surface area contributed by atoms with Crippen molar-refractivity contribution in [2.45, 2.75) is 0 Å². The van der Waals surface area contributed by atoms with Crippen molar-refractivity contribution >= 4 is 21.9 Å². The van der Waals surface area contributed by atoms with Crippen LogP contribution in [-0.4, -0.2) is 15.0 Å². The molecule has 0 amide bonds. The zero-order valence-corrected chi connectivity index (χ0v) is 26.7. The smallest absolute Gasteiger partial charge is 0.164 e. The number of benzene rings is 7. The average Bonchev–Trinajstić information content (AvgIpc) is 3.67. The van der Waals surface area contributed by atoms with Crippen molar-refractivity contribution in [3.8, 4) is 73.6 Å². The largest absolute Gasteiger partial charge is 0.456 e.